The molecule has 0 spiro atoms. The van der Waals surface area contributed by atoms with Crippen molar-refractivity contribution >= 4 is 38.8 Å². The molecule has 0 bridgehead atoms. The zero-order valence-electron chi connectivity index (χ0n) is 19.4. The van der Waals surface area contributed by atoms with Crippen LogP contribution in [-0.4, -0.2) is 48.8 Å². The summed E-state index contributed by atoms with van der Waals surface area (Å²) in [7, 11) is 1.60. The number of amides is 1. The highest BCUT2D eigenvalue weighted by molar-refractivity contribution is 7.16. The van der Waals surface area contributed by atoms with Crippen LogP contribution in [0.25, 0.3) is 10.2 Å². The number of nitrogens with zero attached hydrogens (tertiary/aromatic N) is 4. The highest BCUT2D eigenvalue weighted by atomic mass is 32.1. The summed E-state index contributed by atoms with van der Waals surface area (Å²) in [6.45, 7) is 5.09. The molecule has 4 rings (SSSR count). The maximum Gasteiger partial charge on any atom is 0.293 e. The van der Waals surface area contributed by atoms with Crippen molar-refractivity contribution in [2.75, 3.05) is 38.3 Å². The molecule has 0 aliphatic carbocycles. The average Bonchev–Trinajstić information content (AvgIpc) is 3.20. The van der Waals surface area contributed by atoms with Crippen LogP contribution in [0.2, 0.25) is 0 Å². The molecule has 1 amide bonds. The van der Waals surface area contributed by atoms with E-state index < -0.39 is 10.8 Å². The van der Waals surface area contributed by atoms with Gasteiger partial charge in [-0.2, -0.15) is 4.99 Å². The van der Waals surface area contributed by atoms with Gasteiger partial charge in [0.15, 0.2) is 4.80 Å². The number of carbonyl (C=O) groups excluding carboxylic acids is 1. The summed E-state index contributed by atoms with van der Waals surface area (Å²) in [5.74, 6) is 0.199. The molecule has 1 fully saturated rings. The SMILES string of the molecule is CCOCCn1c(=NC(=O)c2ccc(N3CCCCC3)c([N+](=O)[O-])c2)sc2cc(OC)ccc21. The summed E-state index contributed by atoms with van der Waals surface area (Å²) < 4.78 is 13.7. The maximum atomic E-state index is 13.1. The smallest absolute Gasteiger partial charge is 0.293 e. The molecule has 9 nitrogen and oxygen atoms in total. The lowest BCUT2D eigenvalue weighted by Gasteiger charge is -2.28. The number of thiazole rings is 1. The molecule has 1 aromatic heterocycles. The van der Waals surface area contributed by atoms with E-state index in [1.807, 2.05) is 34.6 Å². The van der Waals surface area contributed by atoms with E-state index in [2.05, 4.69) is 4.99 Å². The van der Waals surface area contributed by atoms with E-state index in [9.17, 15) is 14.9 Å². The minimum Gasteiger partial charge on any atom is -0.497 e. The lowest BCUT2D eigenvalue weighted by Crippen LogP contribution is -2.30. The highest BCUT2D eigenvalue weighted by Gasteiger charge is 2.23. The molecular weight excluding hydrogens is 456 g/mol. The summed E-state index contributed by atoms with van der Waals surface area (Å²) in [4.78, 5) is 31.3. The molecule has 3 aromatic rings. The average molecular weight is 485 g/mol. The fourth-order valence-electron chi connectivity index (χ4n) is 4.14. The number of aromatic nitrogens is 1. The van der Waals surface area contributed by atoms with Gasteiger partial charge < -0.3 is 18.9 Å². The second-order valence-corrected chi connectivity index (χ2v) is 9.00. The molecule has 0 radical (unpaired) electrons. The molecule has 1 aliphatic rings. The van der Waals surface area contributed by atoms with Crippen LogP contribution in [0.15, 0.2) is 41.4 Å². The number of benzene rings is 2. The number of nitro groups is 1. The van der Waals surface area contributed by atoms with E-state index in [0.717, 1.165) is 42.6 Å². The number of ether oxygens (including phenoxy) is 2. The zero-order chi connectivity index (χ0) is 24.1. The number of hydrogen-bond acceptors (Lipinski definition) is 7. The van der Waals surface area contributed by atoms with Crippen molar-refractivity contribution < 1.29 is 19.2 Å². The number of carbonyl (C=O) groups is 1. The van der Waals surface area contributed by atoms with Gasteiger partial charge in [-0.3, -0.25) is 14.9 Å². The largest absolute Gasteiger partial charge is 0.497 e. The van der Waals surface area contributed by atoms with Crippen LogP contribution in [0.5, 0.6) is 5.75 Å². The van der Waals surface area contributed by atoms with Crippen LogP contribution >= 0.6 is 11.3 Å². The molecule has 2 aromatic carbocycles. The predicted molar refractivity (Wildman–Crippen MR) is 132 cm³/mol. The molecular formula is C24H28N4O5S. The first-order valence-electron chi connectivity index (χ1n) is 11.4. The Bertz CT molecular complexity index is 1260. The van der Waals surface area contributed by atoms with Crippen molar-refractivity contribution in [3.8, 4) is 5.75 Å². The minimum absolute atomic E-state index is 0.0618. The number of nitro benzene ring substituents is 1. The zero-order valence-corrected chi connectivity index (χ0v) is 20.2. The molecule has 0 saturated carbocycles. The van der Waals surface area contributed by atoms with Gasteiger partial charge in [-0.1, -0.05) is 11.3 Å². The first kappa shape index (κ1) is 23.9. The van der Waals surface area contributed by atoms with Gasteiger partial charge in [0.25, 0.3) is 11.6 Å². The van der Waals surface area contributed by atoms with E-state index in [1.54, 1.807) is 19.2 Å². The molecule has 0 atom stereocenters. The normalized spacial score (nSPS) is 14.5. The lowest BCUT2D eigenvalue weighted by atomic mass is 10.1. The van der Waals surface area contributed by atoms with Crippen LogP contribution in [-0.2, 0) is 11.3 Å². The van der Waals surface area contributed by atoms with Crippen LogP contribution in [0, 0.1) is 10.1 Å². The van der Waals surface area contributed by atoms with E-state index in [-0.39, 0.29) is 11.3 Å². The Kier molecular flexibility index (Phi) is 7.59. The fraction of sp³-hybridized carbons (Fsp3) is 0.417. The standard InChI is InChI=1S/C24H28N4O5S/c1-3-33-14-13-27-20-10-8-18(32-2)16-22(20)34-24(27)25-23(29)17-7-9-19(21(15-17)28(30)31)26-11-5-4-6-12-26/h7-10,15-16H,3-6,11-14H2,1-2H3. The van der Waals surface area contributed by atoms with Gasteiger partial charge in [0.1, 0.15) is 11.4 Å². The molecule has 10 heteroatoms. The highest BCUT2D eigenvalue weighted by Crippen LogP contribution is 2.31. The van der Waals surface area contributed by atoms with E-state index in [1.165, 1.54) is 17.4 Å². The number of rotatable bonds is 8. The summed E-state index contributed by atoms with van der Waals surface area (Å²) in [6.07, 6.45) is 3.14. The predicted octanol–water partition coefficient (Wildman–Crippen LogP) is 4.39. The molecule has 0 N–H and O–H groups in total. The third-order valence-electron chi connectivity index (χ3n) is 5.87. The van der Waals surface area contributed by atoms with E-state index in [0.29, 0.717) is 36.0 Å². The van der Waals surface area contributed by atoms with Gasteiger partial charge in [0.05, 0.1) is 28.9 Å². The number of methoxy groups -OCH3 is 1. The van der Waals surface area contributed by atoms with Crippen molar-refractivity contribution in [2.45, 2.75) is 32.7 Å². The number of fused-ring (bicyclic) bond motifs is 1. The Balaban J connectivity index is 1.72. The Morgan fingerprint density at radius 2 is 1.97 bits per heavy atom. The van der Waals surface area contributed by atoms with Gasteiger partial charge >= 0.3 is 0 Å². The minimum atomic E-state index is -0.517. The lowest BCUT2D eigenvalue weighted by molar-refractivity contribution is -0.384. The van der Waals surface area contributed by atoms with Crippen molar-refractivity contribution in [1.82, 2.24) is 4.57 Å². The van der Waals surface area contributed by atoms with E-state index >= 15 is 0 Å². The Morgan fingerprint density at radius 1 is 1.18 bits per heavy atom. The van der Waals surface area contributed by atoms with Crippen molar-refractivity contribution in [1.29, 1.82) is 0 Å². The van der Waals surface area contributed by atoms with Crippen LogP contribution in [0.1, 0.15) is 36.5 Å². The monoisotopic (exact) mass is 484 g/mol. The van der Waals surface area contributed by atoms with Crippen molar-refractivity contribution in [3.05, 3.63) is 56.9 Å². The van der Waals surface area contributed by atoms with Gasteiger partial charge in [0, 0.05) is 37.9 Å². The van der Waals surface area contributed by atoms with Crippen LogP contribution < -0.4 is 14.4 Å². The molecule has 180 valence electrons. The number of hydrogen-bond donors (Lipinski definition) is 0. The van der Waals surface area contributed by atoms with Crippen LogP contribution in [0.4, 0.5) is 11.4 Å². The topological polar surface area (TPSA) is 99.2 Å². The summed E-state index contributed by atoms with van der Waals surface area (Å²) in [6, 6.07) is 10.3. The van der Waals surface area contributed by atoms with Crippen LogP contribution in [0.3, 0.4) is 0 Å². The number of piperidine rings is 1. The second kappa shape index (κ2) is 10.8. The Labute approximate surface area is 201 Å². The third kappa shape index (κ3) is 5.13. The Hall–Kier alpha value is -3.24. The fourth-order valence-corrected chi connectivity index (χ4v) is 5.22. The summed E-state index contributed by atoms with van der Waals surface area (Å²) in [5, 5.41) is 11.8. The first-order chi connectivity index (χ1) is 16.5. The molecule has 0 unspecified atom stereocenters. The van der Waals surface area contributed by atoms with Crippen molar-refractivity contribution in [3.63, 3.8) is 0 Å². The van der Waals surface area contributed by atoms with Crippen molar-refractivity contribution in [2.24, 2.45) is 4.99 Å². The number of anilines is 1. The Morgan fingerprint density at radius 3 is 2.68 bits per heavy atom. The van der Waals surface area contributed by atoms with Gasteiger partial charge in [0.2, 0.25) is 0 Å². The third-order valence-corrected chi connectivity index (χ3v) is 6.91. The van der Waals surface area contributed by atoms with Gasteiger partial charge in [-0.15, -0.1) is 0 Å². The molecule has 1 saturated heterocycles. The molecule has 34 heavy (non-hydrogen) atoms. The molecule has 2 heterocycles. The maximum absolute atomic E-state index is 13.1. The summed E-state index contributed by atoms with van der Waals surface area (Å²) in [5.41, 5.74) is 1.61. The quantitative estimate of drug-likeness (QED) is 0.267. The molecule has 1 aliphatic heterocycles. The first-order valence-corrected chi connectivity index (χ1v) is 12.2. The second-order valence-electron chi connectivity index (χ2n) is 7.99. The van der Waals surface area contributed by atoms with E-state index in [4.69, 9.17) is 9.47 Å². The van der Waals surface area contributed by atoms with Gasteiger partial charge in [-0.25, -0.2) is 0 Å². The van der Waals surface area contributed by atoms with Gasteiger partial charge in [-0.05, 0) is 56.5 Å². The summed E-state index contributed by atoms with van der Waals surface area (Å²) >= 11 is 1.37.